The van der Waals surface area contributed by atoms with E-state index >= 15 is 0 Å². The quantitative estimate of drug-likeness (QED) is 0.741. The van der Waals surface area contributed by atoms with Crippen molar-refractivity contribution in [1.29, 1.82) is 0 Å². The van der Waals surface area contributed by atoms with E-state index in [4.69, 9.17) is 0 Å². The second-order valence-electron chi connectivity index (χ2n) is 5.71. The monoisotopic (exact) mass is 335 g/mol. The minimum atomic E-state index is -3.79. The van der Waals surface area contributed by atoms with Crippen molar-refractivity contribution < 1.29 is 17.9 Å². The Balaban J connectivity index is 2.88. The van der Waals surface area contributed by atoms with E-state index in [9.17, 15) is 13.2 Å². The van der Waals surface area contributed by atoms with E-state index in [2.05, 4.69) is 14.4 Å². The van der Waals surface area contributed by atoms with Crippen molar-refractivity contribution in [3.8, 4) is 0 Å². The Morgan fingerprint density at radius 1 is 1.48 bits per heavy atom. The minimum Gasteiger partial charge on any atom is -0.464 e. The van der Waals surface area contributed by atoms with Gasteiger partial charge in [-0.05, 0) is 19.5 Å². The van der Waals surface area contributed by atoms with E-state index < -0.39 is 16.0 Å². The minimum absolute atomic E-state index is 0.116. The Hall–Kier alpha value is -1.03. The molecular formula is C12H21N3O4S2. The standard InChI is InChI=1S/C12H21N3O4S2/c1-12(2,7-15(3)4)6-14-21(17,18)11-9(10(16)19-5)13-8-20-11/h8,14H,6-7H2,1-5H3. The van der Waals surface area contributed by atoms with Gasteiger partial charge >= 0.3 is 5.97 Å². The molecule has 0 fully saturated rings. The van der Waals surface area contributed by atoms with Crippen LogP contribution in [0.5, 0.6) is 0 Å². The third kappa shape index (κ3) is 5.03. The molecular weight excluding hydrogens is 314 g/mol. The molecule has 0 amide bonds. The van der Waals surface area contributed by atoms with Gasteiger partial charge in [-0.3, -0.25) is 0 Å². The summed E-state index contributed by atoms with van der Waals surface area (Å²) < 4.78 is 31.6. The average molecular weight is 335 g/mol. The zero-order valence-corrected chi connectivity index (χ0v) is 14.5. The van der Waals surface area contributed by atoms with Crippen LogP contribution in [0.4, 0.5) is 0 Å². The highest BCUT2D eigenvalue weighted by Gasteiger charge is 2.29. The van der Waals surface area contributed by atoms with Crippen LogP contribution < -0.4 is 4.72 Å². The average Bonchev–Trinajstić information content (AvgIpc) is 2.84. The van der Waals surface area contributed by atoms with Gasteiger partial charge in [0.05, 0.1) is 12.6 Å². The summed E-state index contributed by atoms with van der Waals surface area (Å²) in [6.07, 6.45) is 0. The number of aromatic nitrogens is 1. The third-order valence-electron chi connectivity index (χ3n) is 2.64. The van der Waals surface area contributed by atoms with Gasteiger partial charge in [-0.1, -0.05) is 13.8 Å². The predicted octanol–water partition coefficient (Wildman–Crippen LogP) is 0.796. The van der Waals surface area contributed by atoms with E-state index in [0.717, 1.165) is 17.9 Å². The lowest BCUT2D eigenvalue weighted by atomic mass is 9.93. The maximum absolute atomic E-state index is 12.3. The number of methoxy groups -OCH3 is 1. The van der Waals surface area contributed by atoms with Crippen LogP contribution in [-0.2, 0) is 14.8 Å². The second-order valence-corrected chi connectivity index (χ2v) is 8.52. The molecule has 0 aromatic carbocycles. The molecule has 7 nitrogen and oxygen atoms in total. The Labute approximate surface area is 129 Å². The van der Waals surface area contributed by atoms with Crippen LogP contribution >= 0.6 is 11.3 Å². The van der Waals surface area contributed by atoms with Gasteiger partial charge in [0, 0.05) is 13.1 Å². The van der Waals surface area contributed by atoms with Crippen molar-refractivity contribution in [2.45, 2.75) is 18.1 Å². The fourth-order valence-corrected chi connectivity index (χ4v) is 4.34. The van der Waals surface area contributed by atoms with Crippen LogP contribution in [-0.4, -0.2) is 58.6 Å². The molecule has 1 heterocycles. The van der Waals surface area contributed by atoms with E-state index in [1.807, 2.05) is 32.8 Å². The molecule has 0 saturated heterocycles. The van der Waals surface area contributed by atoms with Gasteiger partial charge in [0.25, 0.3) is 10.0 Å². The molecule has 0 atom stereocenters. The molecule has 1 rings (SSSR count). The first-order valence-electron chi connectivity index (χ1n) is 6.25. The van der Waals surface area contributed by atoms with Gasteiger partial charge in [0.15, 0.2) is 9.90 Å². The molecule has 0 radical (unpaired) electrons. The van der Waals surface area contributed by atoms with Gasteiger partial charge in [-0.15, -0.1) is 11.3 Å². The van der Waals surface area contributed by atoms with Crippen LogP contribution in [0.2, 0.25) is 0 Å². The third-order valence-corrected chi connectivity index (χ3v) is 5.41. The number of nitrogens with one attached hydrogen (secondary N) is 1. The lowest BCUT2D eigenvalue weighted by Gasteiger charge is -2.28. The van der Waals surface area contributed by atoms with Gasteiger partial charge in [0.1, 0.15) is 0 Å². The highest BCUT2D eigenvalue weighted by atomic mass is 32.2. The number of carbonyl (C=O) groups is 1. The van der Waals surface area contributed by atoms with Crippen molar-refractivity contribution in [3.63, 3.8) is 0 Å². The first-order valence-corrected chi connectivity index (χ1v) is 8.61. The van der Waals surface area contributed by atoms with Gasteiger partial charge < -0.3 is 9.64 Å². The number of thiazole rings is 1. The molecule has 1 aromatic rings. The normalized spacial score (nSPS) is 12.7. The van der Waals surface area contributed by atoms with Crippen LogP contribution in [0.15, 0.2) is 9.72 Å². The first kappa shape index (κ1) is 18.0. The maximum Gasteiger partial charge on any atom is 0.358 e. The summed E-state index contributed by atoms with van der Waals surface area (Å²) in [6, 6.07) is 0. The summed E-state index contributed by atoms with van der Waals surface area (Å²) in [7, 11) is 1.25. The summed E-state index contributed by atoms with van der Waals surface area (Å²) in [6.45, 7) is 4.90. The Morgan fingerprint density at radius 2 is 2.10 bits per heavy atom. The lowest BCUT2D eigenvalue weighted by molar-refractivity contribution is 0.0590. The maximum atomic E-state index is 12.3. The van der Waals surface area contributed by atoms with Crippen molar-refractivity contribution in [3.05, 3.63) is 11.2 Å². The molecule has 0 unspecified atom stereocenters. The molecule has 0 spiro atoms. The SMILES string of the molecule is COC(=O)c1ncsc1S(=O)(=O)NCC(C)(C)CN(C)C. The fourth-order valence-electron chi connectivity index (χ4n) is 1.93. The number of hydrogen-bond acceptors (Lipinski definition) is 7. The van der Waals surface area contributed by atoms with E-state index in [1.54, 1.807) is 0 Å². The van der Waals surface area contributed by atoms with Crippen molar-refractivity contribution in [2.24, 2.45) is 5.41 Å². The molecule has 120 valence electrons. The van der Waals surface area contributed by atoms with Crippen molar-refractivity contribution >= 4 is 27.3 Å². The predicted molar refractivity (Wildman–Crippen MR) is 81.0 cm³/mol. The summed E-state index contributed by atoms with van der Waals surface area (Å²) in [5.41, 5.74) is 0.888. The molecule has 0 bridgehead atoms. The number of nitrogens with zero attached hydrogens (tertiary/aromatic N) is 2. The fraction of sp³-hybridized carbons (Fsp3) is 0.667. The molecule has 1 N–H and O–H groups in total. The van der Waals surface area contributed by atoms with Gasteiger partial charge in [-0.2, -0.15) is 0 Å². The summed E-state index contributed by atoms with van der Waals surface area (Å²) in [5.74, 6) is -0.760. The van der Waals surface area contributed by atoms with E-state index in [-0.39, 0.29) is 21.9 Å². The zero-order chi connectivity index (χ0) is 16.3. The Bertz CT molecular complexity index is 593. The summed E-state index contributed by atoms with van der Waals surface area (Å²) in [4.78, 5) is 17.3. The Morgan fingerprint density at radius 3 is 2.62 bits per heavy atom. The summed E-state index contributed by atoms with van der Waals surface area (Å²) >= 11 is 0.892. The molecule has 0 aliphatic rings. The topological polar surface area (TPSA) is 88.6 Å². The van der Waals surface area contributed by atoms with Crippen LogP contribution in [0.3, 0.4) is 0 Å². The number of esters is 1. The first-order chi connectivity index (χ1) is 9.59. The second kappa shape index (κ2) is 6.82. The van der Waals surface area contributed by atoms with Crippen molar-refractivity contribution in [1.82, 2.24) is 14.6 Å². The molecule has 0 aliphatic carbocycles. The van der Waals surface area contributed by atoms with Crippen molar-refractivity contribution in [2.75, 3.05) is 34.3 Å². The number of ether oxygens (including phenoxy) is 1. The smallest absolute Gasteiger partial charge is 0.358 e. The largest absolute Gasteiger partial charge is 0.464 e. The van der Waals surface area contributed by atoms with Gasteiger partial charge in [-0.25, -0.2) is 22.9 Å². The lowest BCUT2D eigenvalue weighted by Crippen LogP contribution is -2.40. The van der Waals surface area contributed by atoms with Crippen LogP contribution in [0.25, 0.3) is 0 Å². The highest BCUT2D eigenvalue weighted by molar-refractivity contribution is 7.91. The number of sulfonamides is 1. The highest BCUT2D eigenvalue weighted by Crippen LogP contribution is 2.22. The molecule has 0 aliphatic heterocycles. The zero-order valence-electron chi connectivity index (χ0n) is 12.8. The van der Waals surface area contributed by atoms with Gasteiger partial charge in [0.2, 0.25) is 0 Å². The molecule has 9 heteroatoms. The van der Waals surface area contributed by atoms with E-state index in [0.29, 0.717) is 0 Å². The molecule has 0 saturated carbocycles. The van der Waals surface area contributed by atoms with Crippen LogP contribution in [0.1, 0.15) is 24.3 Å². The van der Waals surface area contributed by atoms with Crippen LogP contribution in [0, 0.1) is 5.41 Å². The summed E-state index contributed by atoms with van der Waals surface area (Å²) in [5, 5.41) is 0. The van der Waals surface area contributed by atoms with E-state index in [1.165, 1.54) is 12.6 Å². The number of hydrogen-bond donors (Lipinski definition) is 1. The molecule has 1 aromatic heterocycles. The Kier molecular flexibility index (Phi) is 5.85. The molecule has 21 heavy (non-hydrogen) atoms. The number of rotatable bonds is 7. The number of carbonyl (C=O) groups excluding carboxylic acids is 1.